The second kappa shape index (κ2) is 7.77. The number of nitrogens with zero attached hydrogens (tertiary/aromatic N) is 1. The lowest BCUT2D eigenvalue weighted by molar-refractivity contribution is 0.102. The quantitative estimate of drug-likeness (QED) is 0.680. The van der Waals surface area contributed by atoms with Gasteiger partial charge in [-0.3, -0.25) is 9.78 Å². The summed E-state index contributed by atoms with van der Waals surface area (Å²) in [5.74, 6) is -0.251. The van der Waals surface area contributed by atoms with Gasteiger partial charge in [-0.25, -0.2) is 13.1 Å². The van der Waals surface area contributed by atoms with Crippen LogP contribution in [0.4, 0.5) is 5.69 Å². The van der Waals surface area contributed by atoms with E-state index < -0.39 is 10.0 Å². The van der Waals surface area contributed by atoms with E-state index in [1.807, 2.05) is 6.92 Å². The molecule has 3 aromatic rings. The minimum atomic E-state index is -3.54. The van der Waals surface area contributed by atoms with Crippen LogP contribution in [0.15, 0.2) is 65.1 Å². The summed E-state index contributed by atoms with van der Waals surface area (Å²) in [6.45, 7) is 2.00. The zero-order valence-electron chi connectivity index (χ0n) is 14.0. The maximum atomic E-state index is 12.3. The summed E-state index contributed by atoms with van der Waals surface area (Å²) in [6.07, 6.45) is 3.10. The van der Waals surface area contributed by atoms with Gasteiger partial charge in [-0.05, 0) is 48.9 Å². The van der Waals surface area contributed by atoms with E-state index >= 15 is 0 Å². The summed E-state index contributed by atoms with van der Waals surface area (Å²) in [5.41, 5.74) is 1.84. The highest BCUT2D eigenvalue weighted by atomic mass is 32.2. The van der Waals surface area contributed by atoms with Crippen LogP contribution in [0.5, 0.6) is 0 Å². The minimum Gasteiger partial charge on any atom is -0.322 e. The van der Waals surface area contributed by atoms with E-state index in [9.17, 15) is 13.2 Å². The number of carbonyl (C=O) groups is 1. The number of aromatic nitrogens is 1. The highest BCUT2D eigenvalue weighted by molar-refractivity contribution is 7.91. The lowest BCUT2D eigenvalue weighted by atomic mass is 10.2. The number of hydrogen-bond donors (Lipinski definition) is 2. The van der Waals surface area contributed by atoms with Crippen LogP contribution in [0.2, 0.25) is 0 Å². The Balaban J connectivity index is 1.67. The molecule has 0 atom stereocenters. The Morgan fingerprint density at radius 2 is 1.88 bits per heavy atom. The van der Waals surface area contributed by atoms with Gasteiger partial charge in [0.15, 0.2) is 0 Å². The molecular formula is C18H17N3O3S2. The zero-order valence-corrected chi connectivity index (χ0v) is 15.6. The predicted octanol–water partition coefficient (Wildman–Crippen LogP) is 3.18. The van der Waals surface area contributed by atoms with Crippen LogP contribution in [-0.2, 0) is 16.6 Å². The molecular weight excluding hydrogens is 370 g/mol. The van der Waals surface area contributed by atoms with Crippen LogP contribution in [0.25, 0.3) is 0 Å². The number of aryl methyl sites for hydroxylation is 1. The highest BCUT2D eigenvalue weighted by Gasteiger charge is 2.15. The number of amides is 1. The number of nitrogens with one attached hydrogen (secondary N) is 2. The molecule has 6 nitrogen and oxygen atoms in total. The SMILES string of the molecule is Cc1ccc(S(=O)(=O)NCc2cccc(NC(=O)c3ccncc3)c2)s1. The fraction of sp³-hybridized carbons (Fsp3) is 0.111. The third kappa shape index (κ3) is 4.54. The Hall–Kier alpha value is -2.55. The summed E-state index contributed by atoms with van der Waals surface area (Å²) < 4.78 is 27.4. The number of carbonyl (C=O) groups excluding carboxylic acids is 1. The van der Waals surface area contributed by atoms with Crippen molar-refractivity contribution in [3.8, 4) is 0 Å². The van der Waals surface area contributed by atoms with Crippen molar-refractivity contribution in [2.45, 2.75) is 17.7 Å². The van der Waals surface area contributed by atoms with Gasteiger partial charge in [0.2, 0.25) is 10.0 Å². The number of sulfonamides is 1. The van der Waals surface area contributed by atoms with Crippen LogP contribution in [-0.4, -0.2) is 19.3 Å². The molecule has 8 heteroatoms. The molecule has 0 spiro atoms. The first-order chi connectivity index (χ1) is 12.4. The van der Waals surface area contributed by atoms with E-state index in [4.69, 9.17) is 0 Å². The molecule has 26 heavy (non-hydrogen) atoms. The number of rotatable bonds is 6. The second-order valence-electron chi connectivity index (χ2n) is 5.58. The summed E-state index contributed by atoms with van der Waals surface area (Å²) in [5, 5.41) is 2.79. The zero-order chi connectivity index (χ0) is 18.6. The molecule has 0 bridgehead atoms. The molecule has 0 saturated heterocycles. The van der Waals surface area contributed by atoms with Gasteiger partial charge in [-0.15, -0.1) is 11.3 Å². The maximum Gasteiger partial charge on any atom is 0.255 e. The van der Waals surface area contributed by atoms with Gasteiger partial charge in [-0.2, -0.15) is 0 Å². The molecule has 3 rings (SSSR count). The van der Waals surface area contributed by atoms with Crippen LogP contribution in [0.3, 0.4) is 0 Å². The minimum absolute atomic E-state index is 0.137. The van der Waals surface area contributed by atoms with E-state index in [-0.39, 0.29) is 16.7 Å². The smallest absolute Gasteiger partial charge is 0.255 e. The maximum absolute atomic E-state index is 12.3. The van der Waals surface area contributed by atoms with Crippen molar-refractivity contribution in [2.75, 3.05) is 5.32 Å². The fourth-order valence-electron chi connectivity index (χ4n) is 2.27. The average molecular weight is 387 g/mol. The van der Waals surface area contributed by atoms with E-state index in [0.717, 1.165) is 10.4 Å². The first-order valence-electron chi connectivity index (χ1n) is 7.80. The topological polar surface area (TPSA) is 88.2 Å². The van der Waals surface area contributed by atoms with Crippen LogP contribution < -0.4 is 10.0 Å². The van der Waals surface area contributed by atoms with Crippen LogP contribution in [0.1, 0.15) is 20.8 Å². The molecule has 0 fully saturated rings. The highest BCUT2D eigenvalue weighted by Crippen LogP contribution is 2.21. The summed E-state index contributed by atoms with van der Waals surface area (Å²) >= 11 is 1.23. The Labute approximate surface area is 156 Å². The molecule has 0 radical (unpaired) electrons. The monoisotopic (exact) mass is 387 g/mol. The van der Waals surface area contributed by atoms with E-state index in [1.54, 1.807) is 60.9 Å². The standard InChI is InChI=1S/C18H17N3O3S2/c1-13-5-6-17(25-13)26(23,24)20-12-14-3-2-4-16(11-14)21-18(22)15-7-9-19-10-8-15/h2-11,20H,12H2,1H3,(H,21,22). The summed E-state index contributed by atoms with van der Waals surface area (Å²) in [6, 6.07) is 13.7. The van der Waals surface area contributed by atoms with Gasteiger partial charge in [-0.1, -0.05) is 12.1 Å². The van der Waals surface area contributed by atoms with Crippen molar-refractivity contribution in [3.63, 3.8) is 0 Å². The van der Waals surface area contributed by atoms with E-state index in [0.29, 0.717) is 11.3 Å². The molecule has 134 valence electrons. The van der Waals surface area contributed by atoms with Gasteiger partial charge in [0.05, 0.1) is 0 Å². The molecule has 2 heterocycles. The van der Waals surface area contributed by atoms with Gasteiger partial charge in [0.25, 0.3) is 5.91 Å². The van der Waals surface area contributed by atoms with Crippen LogP contribution >= 0.6 is 11.3 Å². The third-order valence-electron chi connectivity index (χ3n) is 3.57. The number of pyridine rings is 1. The summed E-state index contributed by atoms with van der Waals surface area (Å²) in [4.78, 5) is 17.0. The molecule has 2 N–H and O–H groups in total. The fourth-order valence-corrected chi connectivity index (χ4v) is 4.62. The second-order valence-corrected chi connectivity index (χ2v) is 8.86. The van der Waals surface area contributed by atoms with E-state index in [2.05, 4.69) is 15.0 Å². The molecule has 0 saturated carbocycles. The number of hydrogen-bond acceptors (Lipinski definition) is 5. The molecule has 2 aromatic heterocycles. The lowest BCUT2D eigenvalue weighted by Gasteiger charge is -2.08. The molecule has 1 amide bonds. The third-order valence-corrected chi connectivity index (χ3v) is 6.47. The van der Waals surface area contributed by atoms with Gasteiger partial charge >= 0.3 is 0 Å². The average Bonchev–Trinajstić information content (AvgIpc) is 3.09. The van der Waals surface area contributed by atoms with Crippen molar-refractivity contribution >= 4 is 33.0 Å². The Bertz CT molecular complexity index is 1010. The summed E-state index contributed by atoms with van der Waals surface area (Å²) in [7, 11) is -3.54. The van der Waals surface area contributed by atoms with Crippen molar-refractivity contribution in [1.82, 2.24) is 9.71 Å². The Kier molecular flexibility index (Phi) is 5.46. The Morgan fingerprint density at radius 3 is 2.58 bits per heavy atom. The van der Waals surface area contributed by atoms with Crippen LogP contribution in [0, 0.1) is 6.92 Å². The van der Waals surface area contributed by atoms with Gasteiger partial charge < -0.3 is 5.32 Å². The lowest BCUT2D eigenvalue weighted by Crippen LogP contribution is -2.22. The molecule has 0 aliphatic heterocycles. The van der Waals surface area contributed by atoms with Crippen molar-refractivity contribution in [2.24, 2.45) is 0 Å². The molecule has 0 unspecified atom stereocenters. The molecule has 0 aliphatic rings. The normalized spacial score (nSPS) is 11.3. The number of benzene rings is 1. The number of thiophene rings is 1. The first-order valence-corrected chi connectivity index (χ1v) is 10.1. The number of anilines is 1. The molecule has 0 aliphatic carbocycles. The van der Waals surface area contributed by atoms with Crippen molar-refractivity contribution in [3.05, 3.63) is 76.9 Å². The van der Waals surface area contributed by atoms with Crippen molar-refractivity contribution in [1.29, 1.82) is 0 Å². The first kappa shape index (κ1) is 18.2. The van der Waals surface area contributed by atoms with E-state index in [1.165, 1.54) is 11.3 Å². The predicted molar refractivity (Wildman–Crippen MR) is 102 cm³/mol. The van der Waals surface area contributed by atoms with Gasteiger partial charge in [0.1, 0.15) is 4.21 Å². The largest absolute Gasteiger partial charge is 0.322 e. The van der Waals surface area contributed by atoms with Crippen molar-refractivity contribution < 1.29 is 13.2 Å². The Morgan fingerprint density at radius 1 is 1.12 bits per heavy atom. The molecule has 1 aromatic carbocycles. The van der Waals surface area contributed by atoms with Gasteiger partial charge in [0, 0.05) is 35.1 Å².